The van der Waals surface area contributed by atoms with Gasteiger partial charge in [-0.1, -0.05) is 36.4 Å². The lowest BCUT2D eigenvalue weighted by Crippen LogP contribution is -2.53. The summed E-state index contributed by atoms with van der Waals surface area (Å²) >= 11 is 1.47. The van der Waals surface area contributed by atoms with Crippen LogP contribution in [0.25, 0.3) is 11.0 Å². The lowest BCUT2D eigenvalue weighted by molar-refractivity contribution is -0.178. The highest BCUT2D eigenvalue weighted by Gasteiger charge is 2.42. The van der Waals surface area contributed by atoms with Crippen LogP contribution < -0.4 is 5.32 Å². The molecule has 0 aliphatic carbocycles. The first kappa shape index (κ1) is 28.0. The number of para-hydroxylation sites is 2. The smallest absolute Gasteiger partial charge is 0.303 e. The number of aromatic nitrogens is 2. The molecule has 0 spiro atoms. The molecule has 0 saturated carbocycles. The number of aryl methyl sites for hydroxylation is 1. The Balaban J connectivity index is 1.28. The number of hydrogen-bond acceptors (Lipinski definition) is 8. The minimum atomic E-state index is -1.65. The summed E-state index contributed by atoms with van der Waals surface area (Å²) in [6, 6.07) is 17.5. The first-order valence-corrected chi connectivity index (χ1v) is 14.0. The molecule has 0 saturated heterocycles. The highest BCUT2D eigenvalue weighted by atomic mass is 32.1. The van der Waals surface area contributed by atoms with Gasteiger partial charge in [-0.05, 0) is 47.2 Å². The summed E-state index contributed by atoms with van der Waals surface area (Å²) in [7, 11) is 0. The second kappa shape index (κ2) is 11.9. The summed E-state index contributed by atoms with van der Waals surface area (Å²) in [5.41, 5.74) is 4.94. The maximum Gasteiger partial charge on any atom is 0.303 e. The molecular weight excluding hydrogens is 544 g/mol. The lowest BCUT2D eigenvalue weighted by atomic mass is 10.1. The molecule has 2 atom stereocenters. The third-order valence-electron chi connectivity index (χ3n) is 6.85. The Hall–Kier alpha value is -4.51. The maximum atomic E-state index is 13.5. The second-order valence-electron chi connectivity index (χ2n) is 9.90. The minimum absolute atomic E-state index is 0.140. The maximum absolute atomic E-state index is 13.5. The van der Waals surface area contributed by atoms with Crippen molar-refractivity contribution in [1.29, 1.82) is 0 Å². The van der Waals surface area contributed by atoms with Gasteiger partial charge in [0.05, 0.1) is 24.1 Å². The van der Waals surface area contributed by atoms with Crippen LogP contribution in [0.5, 0.6) is 0 Å². The molecule has 41 heavy (non-hydrogen) atoms. The van der Waals surface area contributed by atoms with E-state index in [-0.39, 0.29) is 6.54 Å². The summed E-state index contributed by atoms with van der Waals surface area (Å²) in [6.07, 6.45) is -3.27. The molecule has 0 fully saturated rings. The zero-order valence-corrected chi connectivity index (χ0v) is 23.8. The van der Waals surface area contributed by atoms with Crippen molar-refractivity contribution in [1.82, 2.24) is 19.8 Å². The van der Waals surface area contributed by atoms with Crippen molar-refractivity contribution < 1.29 is 28.7 Å². The topological polar surface area (TPSA) is 120 Å². The Morgan fingerprint density at radius 2 is 1.59 bits per heavy atom. The average molecular weight is 575 g/mol. The molecule has 2 aromatic carbocycles. The van der Waals surface area contributed by atoms with Crippen molar-refractivity contribution in [2.24, 2.45) is 0 Å². The number of carbonyl (C=O) groups is 4. The SMILES string of the molecule is CC(=O)O[C@@H](C(=O)NCc1cc(Cn2c(C)nc3ccccc32)cs1)[C@@H](OC(C)=O)C(=O)N1Cc2ccccc2C1. The van der Waals surface area contributed by atoms with E-state index in [0.717, 1.165) is 52.3 Å². The van der Waals surface area contributed by atoms with Crippen LogP contribution in [0.1, 0.15) is 41.2 Å². The number of carbonyl (C=O) groups excluding carboxylic acids is 4. The van der Waals surface area contributed by atoms with Gasteiger partial charge in [0.2, 0.25) is 12.2 Å². The molecule has 5 rings (SSSR count). The Morgan fingerprint density at radius 1 is 0.951 bits per heavy atom. The summed E-state index contributed by atoms with van der Waals surface area (Å²) in [4.78, 5) is 57.7. The number of nitrogens with one attached hydrogen (secondary N) is 1. The highest BCUT2D eigenvalue weighted by molar-refractivity contribution is 7.10. The predicted molar refractivity (Wildman–Crippen MR) is 152 cm³/mol. The quantitative estimate of drug-likeness (QED) is 0.304. The summed E-state index contributed by atoms with van der Waals surface area (Å²) in [5, 5.41) is 4.76. The van der Waals surface area contributed by atoms with Crippen molar-refractivity contribution in [3.05, 3.63) is 87.4 Å². The first-order chi connectivity index (χ1) is 19.7. The molecule has 11 heteroatoms. The van der Waals surface area contributed by atoms with Gasteiger partial charge in [-0.15, -0.1) is 11.3 Å². The third kappa shape index (κ3) is 6.30. The van der Waals surface area contributed by atoms with Crippen LogP contribution in [0.2, 0.25) is 0 Å². The zero-order chi connectivity index (χ0) is 29.1. The highest BCUT2D eigenvalue weighted by Crippen LogP contribution is 2.25. The fourth-order valence-corrected chi connectivity index (χ4v) is 5.80. The van der Waals surface area contributed by atoms with Crippen LogP contribution in [-0.2, 0) is 54.8 Å². The largest absolute Gasteiger partial charge is 0.448 e. The number of ether oxygens (including phenoxy) is 2. The average Bonchev–Trinajstić information content (AvgIpc) is 3.66. The van der Waals surface area contributed by atoms with Crippen LogP contribution >= 0.6 is 11.3 Å². The van der Waals surface area contributed by atoms with Crippen molar-refractivity contribution in [2.75, 3.05) is 0 Å². The molecule has 10 nitrogen and oxygen atoms in total. The molecule has 4 aromatic rings. The Kier molecular flexibility index (Phi) is 8.16. The van der Waals surface area contributed by atoms with Crippen LogP contribution in [-0.4, -0.2) is 50.4 Å². The lowest BCUT2D eigenvalue weighted by Gasteiger charge is -2.28. The monoisotopic (exact) mass is 574 g/mol. The van der Waals surface area contributed by atoms with E-state index >= 15 is 0 Å². The number of hydrogen-bond donors (Lipinski definition) is 1. The first-order valence-electron chi connectivity index (χ1n) is 13.2. The van der Waals surface area contributed by atoms with Crippen LogP contribution in [0.4, 0.5) is 0 Å². The van der Waals surface area contributed by atoms with Crippen molar-refractivity contribution >= 4 is 46.1 Å². The molecule has 2 amide bonds. The second-order valence-corrected chi connectivity index (χ2v) is 10.9. The molecule has 0 unspecified atom stereocenters. The fraction of sp³-hybridized carbons (Fsp3) is 0.300. The van der Waals surface area contributed by atoms with Crippen LogP contribution in [0, 0.1) is 6.92 Å². The number of rotatable bonds is 9. The van der Waals surface area contributed by atoms with E-state index in [1.807, 2.05) is 66.9 Å². The fourth-order valence-electron chi connectivity index (χ4n) is 4.98. The summed E-state index contributed by atoms with van der Waals surface area (Å²) in [6.45, 7) is 5.59. The van der Waals surface area contributed by atoms with Crippen molar-refractivity contribution in [3.63, 3.8) is 0 Å². The Morgan fingerprint density at radius 3 is 2.27 bits per heavy atom. The van der Waals surface area contributed by atoms with Gasteiger partial charge in [-0.2, -0.15) is 0 Å². The van der Waals surface area contributed by atoms with Gasteiger partial charge in [0, 0.05) is 31.8 Å². The molecule has 1 aliphatic rings. The molecule has 1 N–H and O–H groups in total. The van der Waals surface area contributed by atoms with Crippen molar-refractivity contribution in [3.8, 4) is 0 Å². The number of fused-ring (bicyclic) bond motifs is 2. The number of nitrogens with zero attached hydrogens (tertiary/aromatic N) is 3. The summed E-state index contributed by atoms with van der Waals surface area (Å²) in [5.74, 6) is -1.99. The zero-order valence-electron chi connectivity index (χ0n) is 23.0. The third-order valence-corrected chi connectivity index (χ3v) is 7.83. The van der Waals surface area contributed by atoms with Gasteiger partial charge >= 0.3 is 11.9 Å². The number of amides is 2. The van der Waals surface area contributed by atoms with Gasteiger partial charge in [0.1, 0.15) is 5.82 Å². The van der Waals surface area contributed by atoms with Gasteiger partial charge in [0.25, 0.3) is 11.8 Å². The Labute approximate surface area is 240 Å². The van der Waals surface area contributed by atoms with Gasteiger partial charge in [0.15, 0.2) is 0 Å². The van der Waals surface area contributed by atoms with E-state index in [0.29, 0.717) is 19.6 Å². The molecule has 0 bridgehead atoms. The predicted octanol–water partition coefficient (Wildman–Crippen LogP) is 3.48. The van der Waals surface area contributed by atoms with E-state index < -0.39 is 36.0 Å². The minimum Gasteiger partial charge on any atom is -0.448 e. The standard InChI is InChI=1S/C30H30N4O6S/c1-18-32-25-10-6-7-11-26(25)34(18)14-21-12-24(41-17-21)13-31-29(37)27(39-19(2)35)28(40-20(3)36)30(38)33-15-22-8-4-5-9-23(22)16-33/h4-12,17,27-28H,13-16H2,1-3H3,(H,31,37)/t27-,28-/m1/s1. The van der Waals surface area contributed by atoms with E-state index in [1.54, 1.807) is 0 Å². The van der Waals surface area contributed by atoms with E-state index in [4.69, 9.17) is 9.47 Å². The summed E-state index contributed by atoms with van der Waals surface area (Å²) < 4.78 is 12.7. The Bertz CT molecular complexity index is 1600. The molecule has 212 valence electrons. The molecular formula is C30H30N4O6S. The normalized spacial score (nSPS) is 13.9. The molecule has 3 heterocycles. The molecule has 2 aromatic heterocycles. The van der Waals surface area contributed by atoms with Crippen LogP contribution in [0.3, 0.4) is 0 Å². The van der Waals surface area contributed by atoms with Crippen molar-refractivity contribution in [2.45, 2.75) is 59.2 Å². The molecule has 0 radical (unpaired) electrons. The van der Waals surface area contributed by atoms with Gasteiger partial charge in [-0.3, -0.25) is 19.2 Å². The van der Waals surface area contributed by atoms with E-state index in [1.165, 1.54) is 16.2 Å². The number of thiophene rings is 1. The van der Waals surface area contributed by atoms with E-state index in [2.05, 4.69) is 14.9 Å². The molecule has 1 aliphatic heterocycles. The van der Waals surface area contributed by atoms with Gasteiger partial charge < -0.3 is 24.3 Å². The number of imidazole rings is 1. The van der Waals surface area contributed by atoms with Crippen LogP contribution in [0.15, 0.2) is 60.0 Å². The van der Waals surface area contributed by atoms with E-state index in [9.17, 15) is 19.2 Å². The van der Waals surface area contributed by atoms with Gasteiger partial charge in [-0.25, -0.2) is 4.98 Å². The number of esters is 2. The number of benzene rings is 2.